The maximum Gasteiger partial charge on any atom is 0.405 e. The van der Waals surface area contributed by atoms with Crippen molar-refractivity contribution in [3.05, 3.63) is 24.3 Å². The number of anilines is 2. The van der Waals surface area contributed by atoms with Crippen molar-refractivity contribution < 1.29 is 22.8 Å². The Bertz CT molecular complexity index is 758. The smallest absolute Gasteiger partial charge is 0.375 e. The Balaban J connectivity index is 1.32. The van der Waals surface area contributed by atoms with E-state index in [1.54, 1.807) is 12.1 Å². The van der Waals surface area contributed by atoms with Crippen molar-refractivity contribution in [2.24, 2.45) is 23.2 Å². The average Bonchev–Trinajstić information content (AvgIpc) is 2.63. The van der Waals surface area contributed by atoms with Gasteiger partial charge in [0.15, 0.2) is 0 Å². The van der Waals surface area contributed by atoms with E-state index in [0.29, 0.717) is 17.8 Å². The van der Waals surface area contributed by atoms with E-state index in [-0.39, 0.29) is 29.2 Å². The van der Waals surface area contributed by atoms with E-state index in [0.717, 1.165) is 19.3 Å². The van der Waals surface area contributed by atoms with Crippen LogP contribution in [0.25, 0.3) is 0 Å². The Morgan fingerprint density at radius 2 is 1.52 bits per heavy atom. The van der Waals surface area contributed by atoms with E-state index < -0.39 is 18.6 Å². The SMILES string of the molecule is O=C(CNC(=O)C12CC3CC(CC(C3)C1)C2)Nc1ccccc1NCC(F)(F)F. The number of rotatable bonds is 6. The predicted octanol–water partition coefficient (Wildman–Crippen LogP) is 3.93. The zero-order valence-electron chi connectivity index (χ0n) is 16.1. The van der Waals surface area contributed by atoms with Gasteiger partial charge in [-0.1, -0.05) is 12.1 Å². The van der Waals surface area contributed by atoms with Gasteiger partial charge in [-0.15, -0.1) is 0 Å². The van der Waals surface area contributed by atoms with Crippen molar-refractivity contribution in [3.8, 4) is 0 Å². The van der Waals surface area contributed by atoms with Crippen LogP contribution in [0, 0.1) is 23.2 Å². The highest BCUT2D eigenvalue weighted by Crippen LogP contribution is 2.60. The summed E-state index contributed by atoms with van der Waals surface area (Å²) in [6, 6.07) is 6.21. The molecular formula is C21H26F3N3O2. The van der Waals surface area contributed by atoms with Crippen LogP contribution in [0.1, 0.15) is 38.5 Å². The summed E-state index contributed by atoms with van der Waals surface area (Å²) in [4.78, 5) is 25.2. The monoisotopic (exact) mass is 409 g/mol. The summed E-state index contributed by atoms with van der Waals surface area (Å²) in [6.45, 7) is -1.38. The fraction of sp³-hybridized carbons (Fsp3) is 0.619. The largest absolute Gasteiger partial charge is 0.405 e. The van der Waals surface area contributed by atoms with E-state index in [2.05, 4.69) is 16.0 Å². The molecule has 0 heterocycles. The number of hydrogen-bond acceptors (Lipinski definition) is 3. The molecule has 4 bridgehead atoms. The summed E-state index contributed by atoms with van der Waals surface area (Å²) in [5.74, 6) is 1.40. The zero-order valence-corrected chi connectivity index (χ0v) is 16.1. The lowest BCUT2D eigenvalue weighted by atomic mass is 9.49. The lowest BCUT2D eigenvalue weighted by Gasteiger charge is -2.55. The molecule has 1 aromatic rings. The standard InChI is InChI=1S/C21H26F3N3O2/c22-21(23,24)12-26-16-3-1-2-4-17(16)27-18(28)11-25-19(29)20-8-13-5-14(9-20)7-15(6-13)10-20/h1-4,13-15,26H,5-12H2,(H,25,29)(H,27,28). The fourth-order valence-corrected chi connectivity index (χ4v) is 5.87. The van der Waals surface area contributed by atoms with Gasteiger partial charge < -0.3 is 16.0 Å². The molecule has 0 aliphatic heterocycles. The van der Waals surface area contributed by atoms with Gasteiger partial charge in [0, 0.05) is 5.41 Å². The van der Waals surface area contributed by atoms with Crippen molar-refractivity contribution in [2.75, 3.05) is 23.7 Å². The number of carbonyl (C=O) groups is 2. The summed E-state index contributed by atoms with van der Waals surface area (Å²) in [7, 11) is 0. The number of hydrogen-bond donors (Lipinski definition) is 3. The maximum atomic E-state index is 12.9. The Hall–Kier alpha value is -2.25. The molecule has 4 fully saturated rings. The normalized spacial score (nSPS) is 30.1. The highest BCUT2D eigenvalue weighted by Gasteiger charge is 2.54. The third-order valence-electron chi connectivity index (χ3n) is 6.61. The molecule has 1 aromatic carbocycles. The first kappa shape index (κ1) is 20.0. The Labute approximate surface area is 167 Å². The van der Waals surface area contributed by atoms with E-state index in [4.69, 9.17) is 0 Å². The highest BCUT2D eigenvalue weighted by molar-refractivity contribution is 5.97. The molecule has 8 heteroatoms. The molecular weight excluding hydrogens is 383 g/mol. The van der Waals surface area contributed by atoms with Crippen molar-refractivity contribution in [3.63, 3.8) is 0 Å². The lowest BCUT2D eigenvalue weighted by Crippen LogP contribution is -2.54. The summed E-state index contributed by atoms with van der Waals surface area (Å²) < 4.78 is 37.4. The number of halogens is 3. The van der Waals surface area contributed by atoms with Gasteiger partial charge in [-0.3, -0.25) is 9.59 Å². The van der Waals surface area contributed by atoms with Gasteiger partial charge >= 0.3 is 6.18 Å². The minimum atomic E-state index is -4.36. The van der Waals surface area contributed by atoms with Crippen LogP contribution < -0.4 is 16.0 Å². The van der Waals surface area contributed by atoms with Crippen LogP contribution in [0.4, 0.5) is 24.5 Å². The molecule has 0 saturated heterocycles. The topological polar surface area (TPSA) is 70.2 Å². The molecule has 0 radical (unpaired) electrons. The maximum absolute atomic E-state index is 12.9. The van der Waals surface area contributed by atoms with Crippen LogP contribution in [-0.2, 0) is 9.59 Å². The van der Waals surface area contributed by atoms with Gasteiger partial charge in [0.2, 0.25) is 11.8 Å². The first-order valence-electron chi connectivity index (χ1n) is 10.2. The number of nitrogens with one attached hydrogen (secondary N) is 3. The first-order chi connectivity index (χ1) is 13.7. The van der Waals surface area contributed by atoms with Crippen molar-refractivity contribution in [1.29, 1.82) is 0 Å². The number of alkyl halides is 3. The molecule has 158 valence electrons. The molecule has 5 nitrogen and oxygen atoms in total. The number of carbonyl (C=O) groups excluding carboxylic acids is 2. The molecule has 0 unspecified atom stereocenters. The molecule has 4 aliphatic rings. The van der Waals surface area contributed by atoms with Crippen molar-refractivity contribution in [1.82, 2.24) is 5.32 Å². The van der Waals surface area contributed by atoms with Crippen LogP contribution in [0.15, 0.2) is 24.3 Å². The molecule has 3 N–H and O–H groups in total. The van der Waals surface area contributed by atoms with Crippen LogP contribution in [0.3, 0.4) is 0 Å². The summed E-state index contributed by atoms with van der Waals surface area (Å²) in [6.07, 6.45) is 2.07. The Kier molecular flexibility index (Phi) is 5.21. The second-order valence-electron chi connectivity index (χ2n) is 8.94. The summed E-state index contributed by atoms with van der Waals surface area (Å²) >= 11 is 0. The fourth-order valence-electron chi connectivity index (χ4n) is 5.87. The van der Waals surface area contributed by atoms with Gasteiger partial charge in [0.1, 0.15) is 6.54 Å². The predicted molar refractivity (Wildman–Crippen MR) is 103 cm³/mol. The van der Waals surface area contributed by atoms with E-state index >= 15 is 0 Å². The molecule has 2 amide bonds. The third-order valence-corrected chi connectivity index (χ3v) is 6.61. The molecule has 4 aliphatic carbocycles. The number of amides is 2. The van der Waals surface area contributed by atoms with E-state index in [9.17, 15) is 22.8 Å². The van der Waals surface area contributed by atoms with Crippen LogP contribution >= 0.6 is 0 Å². The summed E-state index contributed by atoms with van der Waals surface area (Å²) in [5, 5.41) is 7.66. The number of benzene rings is 1. The Morgan fingerprint density at radius 3 is 2.07 bits per heavy atom. The summed E-state index contributed by atoms with van der Waals surface area (Å²) in [5.41, 5.74) is 0.109. The van der Waals surface area contributed by atoms with E-state index in [1.807, 2.05) is 0 Å². The van der Waals surface area contributed by atoms with Gasteiger partial charge in [0.05, 0.1) is 17.9 Å². The van der Waals surface area contributed by atoms with Crippen LogP contribution in [0.5, 0.6) is 0 Å². The average molecular weight is 409 g/mol. The first-order valence-corrected chi connectivity index (χ1v) is 10.2. The van der Waals surface area contributed by atoms with Crippen LogP contribution in [0.2, 0.25) is 0 Å². The minimum absolute atomic E-state index is 0.0461. The molecule has 0 spiro atoms. The zero-order chi connectivity index (χ0) is 20.6. The van der Waals surface area contributed by atoms with Gasteiger partial charge in [0.25, 0.3) is 0 Å². The minimum Gasteiger partial charge on any atom is -0.375 e. The van der Waals surface area contributed by atoms with Crippen molar-refractivity contribution in [2.45, 2.75) is 44.7 Å². The quantitative estimate of drug-likeness (QED) is 0.667. The van der Waals surface area contributed by atoms with E-state index in [1.165, 1.54) is 31.4 Å². The molecule has 5 rings (SSSR count). The molecule has 29 heavy (non-hydrogen) atoms. The third kappa shape index (κ3) is 4.51. The Morgan fingerprint density at radius 1 is 0.966 bits per heavy atom. The lowest BCUT2D eigenvalue weighted by molar-refractivity contribution is -0.146. The number of para-hydroxylation sites is 2. The second kappa shape index (κ2) is 7.54. The van der Waals surface area contributed by atoms with Crippen molar-refractivity contribution >= 4 is 23.2 Å². The second-order valence-corrected chi connectivity index (χ2v) is 8.94. The van der Waals surface area contributed by atoms with Gasteiger partial charge in [-0.05, 0) is 68.4 Å². The van der Waals surface area contributed by atoms with Gasteiger partial charge in [-0.2, -0.15) is 13.2 Å². The van der Waals surface area contributed by atoms with Gasteiger partial charge in [-0.25, -0.2) is 0 Å². The van der Waals surface area contributed by atoms with Crippen LogP contribution in [-0.4, -0.2) is 31.1 Å². The molecule has 4 saturated carbocycles. The highest BCUT2D eigenvalue weighted by atomic mass is 19.4. The molecule has 0 atom stereocenters. The molecule has 0 aromatic heterocycles.